The van der Waals surface area contributed by atoms with Crippen molar-refractivity contribution in [3.8, 4) is 0 Å². The van der Waals surface area contributed by atoms with E-state index in [2.05, 4.69) is 20.7 Å². The third kappa shape index (κ3) is 2.83. The number of nitrogens with zero attached hydrogens (tertiary/aromatic N) is 3. The third-order valence-electron chi connectivity index (χ3n) is 3.99. The first-order chi connectivity index (χ1) is 9.66. The molecule has 1 aromatic heterocycles. The van der Waals surface area contributed by atoms with Crippen LogP contribution in [0.2, 0.25) is 0 Å². The molecule has 7 nitrogen and oxygen atoms in total. The summed E-state index contributed by atoms with van der Waals surface area (Å²) in [6, 6.07) is 0.295. The summed E-state index contributed by atoms with van der Waals surface area (Å²) in [5, 5.41) is 10.6. The van der Waals surface area contributed by atoms with Crippen LogP contribution in [0.1, 0.15) is 42.8 Å². The van der Waals surface area contributed by atoms with Crippen LogP contribution in [0.5, 0.6) is 0 Å². The molecule has 2 fully saturated rings. The van der Waals surface area contributed by atoms with Gasteiger partial charge in [0.25, 0.3) is 5.91 Å². The lowest BCUT2D eigenvalue weighted by Gasteiger charge is -2.23. The Hall–Kier alpha value is -1.47. The van der Waals surface area contributed by atoms with Crippen molar-refractivity contribution < 1.29 is 9.53 Å². The number of carbonyl (C=O) groups is 1. The smallest absolute Gasteiger partial charge is 0.291 e. The van der Waals surface area contributed by atoms with Crippen LogP contribution in [0.15, 0.2) is 6.33 Å². The number of hydrogen-bond acceptors (Lipinski definition) is 5. The summed E-state index contributed by atoms with van der Waals surface area (Å²) in [6.45, 7) is 5.16. The minimum atomic E-state index is -0.297. The summed E-state index contributed by atoms with van der Waals surface area (Å²) in [5.41, 5.74) is -0.297. The molecule has 0 bridgehead atoms. The molecule has 2 atom stereocenters. The SMILES string of the molecule is CC1(NC(=O)c2ncn(C3CCCNC3)n2)CCOC1. The summed E-state index contributed by atoms with van der Waals surface area (Å²) in [7, 11) is 0. The van der Waals surface area contributed by atoms with Crippen LogP contribution in [0, 0.1) is 0 Å². The fourth-order valence-corrected chi connectivity index (χ4v) is 2.71. The van der Waals surface area contributed by atoms with Crippen LogP contribution in [0.25, 0.3) is 0 Å². The molecule has 1 aromatic rings. The Morgan fingerprint density at radius 2 is 2.55 bits per heavy atom. The molecule has 0 radical (unpaired) electrons. The molecule has 2 saturated heterocycles. The number of rotatable bonds is 3. The maximum atomic E-state index is 12.2. The standard InChI is InChI=1S/C13H21N5O2/c1-13(4-6-20-8-13)16-12(19)11-15-9-18(17-11)10-3-2-5-14-7-10/h9-10,14H,2-8H2,1H3,(H,16,19). The van der Waals surface area contributed by atoms with E-state index in [9.17, 15) is 4.79 Å². The molecule has 0 saturated carbocycles. The van der Waals surface area contributed by atoms with E-state index in [1.807, 2.05) is 6.92 Å². The van der Waals surface area contributed by atoms with Gasteiger partial charge in [0.15, 0.2) is 0 Å². The van der Waals surface area contributed by atoms with Gasteiger partial charge in [-0.25, -0.2) is 9.67 Å². The Balaban J connectivity index is 1.65. The first-order valence-electron chi connectivity index (χ1n) is 7.18. The first-order valence-corrected chi connectivity index (χ1v) is 7.18. The largest absolute Gasteiger partial charge is 0.379 e. The van der Waals surface area contributed by atoms with Crippen LogP contribution >= 0.6 is 0 Å². The summed E-state index contributed by atoms with van der Waals surface area (Å²) in [4.78, 5) is 16.3. The zero-order valence-electron chi connectivity index (χ0n) is 11.8. The van der Waals surface area contributed by atoms with Gasteiger partial charge in [-0.15, -0.1) is 5.10 Å². The molecule has 0 aromatic carbocycles. The van der Waals surface area contributed by atoms with Gasteiger partial charge in [-0.3, -0.25) is 4.79 Å². The number of nitrogens with one attached hydrogen (secondary N) is 2. The molecule has 0 aliphatic carbocycles. The normalized spacial score (nSPS) is 30.4. The maximum absolute atomic E-state index is 12.2. The van der Waals surface area contributed by atoms with E-state index in [1.165, 1.54) is 0 Å². The van der Waals surface area contributed by atoms with Gasteiger partial charge >= 0.3 is 0 Å². The number of ether oxygens (including phenoxy) is 1. The van der Waals surface area contributed by atoms with E-state index in [-0.39, 0.29) is 17.3 Å². The molecule has 110 valence electrons. The molecular weight excluding hydrogens is 258 g/mol. The molecule has 3 heterocycles. The topological polar surface area (TPSA) is 81.1 Å². The lowest BCUT2D eigenvalue weighted by molar-refractivity contribution is 0.0878. The van der Waals surface area contributed by atoms with Gasteiger partial charge in [-0.2, -0.15) is 0 Å². The summed E-state index contributed by atoms with van der Waals surface area (Å²) >= 11 is 0. The van der Waals surface area contributed by atoms with Crippen LogP contribution < -0.4 is 10.6 Å². The molecule has 2 aliphatic rings. The number of aromatic nitrogens is 3. The average molecular weight is 279 g/mol. The second-order valence-corrected chi connectivity index (χ2v) is 5.87. The first kappa shape index (κ1) is 13.5. The number of amides is 1. The number of carbonyl (C=O) groups excluding carboxylic acids is 1. The van der Waals surface area contributed by atoms with Crippen LogP contribution in [-0.4, -0.2) is 52.5 Å². The monoisotopic (exact) mass is 279 g/mol. The lowest BCUT2D eigenvalue weighted by Crippen LogP contribution is -2.46. The summed E-state index contributed by atoms with van der Waals surface area (Å²) in [6.07, 6.45) is 4.68. The van der Waals surface area contributed by atoms with Crippen molar-refractivity contribution in [2.75, 3.05) is 26.3 Å². The highest BCUT2D eigenvalue weighted by atomic mass is 16.5. The van der Waals surface area contributed by atoms with Crippen molar-refractivity contribution in [2.45, 2.75) is 37.8 Å². The van der Waals surface area contributed by atoms with E-state index in [4.69, 9.17) is 4.74 Å². The Bertz CT molecular complexity index is 475. The number of piperidine rings is 1. The Morgan fingerprint density at radius 1 is 1.65 bits per heavy atom. The molecule has 20 heavy (non-hydrogen) atoms. The van der Waals surface area contributed by atoms with E-state index in [1.54, 1.807) is 11.0 Å². The van der Waals surface area contributed by atoms with E-state index >= 15 is 0 Å². The number of hydrogen-bond donors (Lipinski definition) is 2. The van der Waals surface area contributed by atoms with Gasteiger partial charge in [0.2, 0.25) is 5.82 Å². The van der Waals surface area contributed by atoms with Crippen molar-refractivity contribution in [3.63, 3.8) is 0 Å². The fraction of sp³-hybridized carbons (Fsp3) is 0.769. The minimum absolute atomic E-state index is 0.222. The average Bonchev–Trinajstić information content (AvgIpc) is 3.09. The second-order valence-electron chi connectivity index (χ2n) is 5.87. The van der Waals surface area contributed by atoms with Gasteiger partial charge in [0.05, 0.1) is 18.2 Å². The fourth-order valence-electron chi connectivity index (χ4n) is 2.71. The minimum Gasteiger partial charge on any atom is -0.379 e. The Morgan fingerprint density at radius 3 is 3.25 bits per heavy atom. The van der Waals surface area contributed by atoms with E-state index in [0.29, 0.717) is 19.3 Å². The molecule has 3 rings (SSSR count). The maximum Gasteiger partial charge on any atom is 0.291 e. The van der Waals surface area contributed by atoms with Gasteiger partial charge in [0.1, 0.15) is 6.33 Å². The van der Waals surface area contributed by atoms with Gasteiger partial charge < -0.3 is 15.4 Å². The predicted molar refractivity (Wildman–Crippen MR) is 72.5 cm³/mol. The lowest BCUT2D eigenvalue weighted by atomic mass is 10.0. The molecular formula is C13H21N5O2. The molecule has 2 N–H and O–H groups in total. The molecule has 2 aliphatic heterocycles. The van der Waals surface area contributed by atoms with Gasteiger partial charge in [-0.1, -0.05) is 0 Å². The van der Waals surface area contributed by atoms with Gasteiger partial charge in [-0.05, 0) is 32.7 Å². The van der Waals surface area contributed by atoms with E-state index < -0.39 is 0 Å². The molecule has 1 amide bonds. The molecule has 7 heteroatoms. The zero-order valence-corrected chi connectivity index (χ0v) is 11.8. The third-order valence-corrected chi connectivity index (χ3v) is 3.99. The van der Waals surface area contributed by atoms with E-state index in [0.717, 1.165) is 32.4 Å². The van der Waals surface area contributed by atoms with Crippen molar-refractivity contribution in [1.29, 1.82) is 0 Å². The predicted octanol–water partition coefficient (Wildman–Crippen LogP) is 0.111. The molecule has 0 spiro atoms. The van der Waals surface area contributed by atoms with Crippen LogP contribution in [-0.2, 0) is 4.74 Å². The van der Waals surface area contributed by atoms with Gasteiger partial charge in [0, 0.05) is 13.2 Å². The highest BCUT2D eigenvalue weighted by Crippen LogP contribution is 2.18. The summed E-state index contributed by atoms with van der Waals surface area (Å²) < 4.78 is 7.13. The Kier molecular flexibility index (Phi) is 3.71. The zero-order chi connectivity index (χ0) is 14.0. The van der Waals surface area contributed by atoms with Crippen molar-refractivity contribution in [2.24, 2.45) is 0 Å². The highest BCUT2D eigenvalue weighted by molar-refractivity contribution is 5.90. The Labute approximate surface area is 118 Å². The second kappa shape index (κ2) is 5.49. The quantitative estimate of drug-likeness (QED) is 0.821. The molecule has 2 unspecified atom stereocenters. The summed E-state index contributed by atoms with van der Waals surface area (Å²) in [5.74, 6) is 0.0178. The highest BCUT2D eigenvalue weighted by Gasteiger charge is 2.32. The van der Waals surface area contributed by atoms with Crippen molar-refractivity contribution >= 4 is 5.91 Å². The van der Waals surface area contributed by atoms with Crippen LogP contribution in [0.3, 0.4) is 0 Å². The van der Waals surface area contributed by atoms with Crippen molar-refractivity contribution in [3.05, 3.63) is 12.2 Å². The van der Waals surface area contributed by atoms with Crippen LogP contribution in [0.4, 0.5) is 0 Å². The van der Waals surface area contributed by atoms with Crippen molar-refractivity contribution in [1.82, 2.24) is 25.4 Å².